The SMILES string of the molecule is CC(C)[Si]1(C(C)C)OC[C@H]2O[C@@H](n3cnc(C#N)c3N)[C@H](O)[C@@H]2O[Si](C(C)C)(C(C)C)O1. The molecule has 4 atom stereocenters. The zero-order chi connectivity index (χ0) is 24.0. The molecule has 0 saturated carbocycles. The average molecular weight is 483 g/mol. The summed E-state index contributed by atoms with van der Waals surface area (Å²) in [6.45, 7) is 17.4. The molecule has 0 radical (unpaired) electrons. The zero-order valence-electron chi connectivity index (χ0n) is 20.4. The van der Waals surface area contributed by atoms with Crippen molar-refractivity contribution in [3.63, 3.8) is 0 Å². The molecule has 0 aliphatic carbocycles. The Hall–Kier alpha value is -1.27. The van der Waals surface area contributed by atoms with Crippen LogP contribution in [0.4, 0.5) is 5.82 Å². The van der Waals surface area contributed by atoms with E-state index in [0.29, 0.717) is 0 Å². The summed E-state index contributed by atoms with van der Waals surface area (Å²) in [5.41, 5.74) is 6.91. The van der Waals surface area contributed by atoms with Crippen molar-refractivity contribution < 1.29 is 22.8 Å². The fourth-order valence-corrected chi connectivity index (χ4v) is 16.2. The predicted molar refractivity (Wildman–Crippen MR) is 125 cm³/mol. The van der Waals surface area contributed by atoms with E-state index >= 15 is 0 Å². The van der Waals surface area contributed by atoms with Gasteiger partial charge in [0.25, 0.3) is 0 Å². The number of nitrogens with two attached hydrogens (primary N) is 1. The monoisotopic (exact) mass is 482 g/mol. The first-order chi connectivity index (χ1) is 14.9. The summed E-state index contributed by atoms with van der Waals surface area (Å²) in [4.78, 5) is 4.03. The Morgan fingerprint density at radius 2 is 1.66 bits per heavy atom. The second-order valence-corrected chi connectivity index (χ2v) is 19.0. The Kier molecular flexibility index (Phi) is 7.27. The first-order valence-corrected chi connectivity index (χ1v) is 15.4. The summed E-state index contributed by atoms with van der Waals surface area (Å²) >= 11 is 0. The molecule has 1 aromatic heterocycles. The van der Waals surface area contributed by atoms with E-state index < -0.39 is 41.7 Å². The van der Waals surface area contributed by atoms with Crippen molar-refractivity contribution in [2.45, 2.75) is 102 Å². The molecule has 0 bridgehead atoms. The van der Waals surface area contributed by atoms with Crippen LogP contribution in [-0.2, 0) is 17.7 Å². The molecule has 0 amide bonds. The van der Waals surface area contributed by atoms with E-state index in [1.165, 1.54) is 10.9 Å². The highest BCUT2D eigenvalue weighted by Gasteiger charge is 2.61. The molecule has 11 heteroatoms. The molecule has 2 fully saturated rings. The number of nitrogen functional groups attached to an aromatic ring is 1. The molecule has 3 N–H and O–H groups in total. The Balaban J connectivity index is 2.06. The summed E-state index contributed by atoms with van der Waals surface area (Å²) in [5.74, 6) is 0.160. The van der Waals surface area contributed by atoms with Gasteiger partial charge >= 0.3 is 17.1 Å². The van der Waals surface area contributed by atoms with Gasteiger partial charge in [-0.15, -0.1) is 0 Å². The lowest BCUT2D eigenvalue weighted by atomic mass is 10.1. The van der Waals surface area contributed by atoms with Crippen LogP contribution in [-0.4, -0.2) is 56.7 Å². The van der Waals surface area contributed by atoms with E-state index in [-0.39, 0.29) is 40.3 Å². The molecule has 0 spiro atoms. The highest BCUT2D eigenvalue weighted by molar-refractivity contribution is 6.83. The average Bonchev–Trinajstić information content (AvgIpc) is 3.20. The minimum Gasteiger partial charge on any atom is -0.414 e. The number of nitrogens with zero attached hydrogens (tertiary/aromatic N) is 3. The molecule has 180 valence electrons. The quantitative estimate of drug-likeness (QED) is 0.610. The van der Waals surface area contributed by atoms with Gasteiger partial charge in [0, 0.05) is 0 Å². The molecule has 0 unspecified atom stereocenters. The Bertz CT molecular complexity index is 838. The molecule has 3 heterocycles. The molecular formula is C21H38N4O5Si2. The normalized spacial score (nSPS) is 29.9. The molecule has 2 aliphatic rings. The van der Waals surface area contributed by atoms with Crippen molar-refractivity contribution in [3.05, 3.63) is 12.0 Å². The van der Waals surface area contributed by atoms with E-state index in [4.69, 9.17) is 23.4 Å². The predicted octanol–water partition coefficient (Wildman–Crippen LogP) is 3.55. The highest BCUT2D eigenvalue weighted by Crippen LogP contribution is 2.48. The van der Waals surface area contributed by atoms with Crippen LogP contribution in [0.5, 0.6) is 0 Å². The molecule has 1 aromatic rings. The van der Waals surface area contributed by atoms with Crippen LogP contribution in [0.1, 0.15) is 67.3 Å². The minimum atomic E-state index is -2.87. The van der Waals surface area contributed by atoms with E-state index in [1.807, 2.05) is 6.07 Å². The van der Waals surface area contributed by atoms with Crippen molar-refractivity contribution in [2.24, 2.45) is 0 Å². The molecule has 3 rings (SSSR count). The molecule has 0 aromatic carbocycles. The molecule has 2 aliphatic heterocycles. The second kappa shape index (κ2) is 9.17. The third-order valence-corrected chi connectivity index (χ3v) is 17.1. The van der Waals surface area contributed by atoms with E-state index in [0.717, 1.165) is 0 Å². The van der Waals surface area contributed by atoms with Gasteiger partial charge in [0.2, 0.25) is 0 Å². The summed E-state index contributed by atoms with van der Waals surface area (Å²) in [5, 5.41) is 20.5. The first-order valence-electron chi connectivity index (χ1n) is 11.5. The largest absolute Gasteiger partial charge is 0.414 e. The number of fused-ring (bicyclic) bond motifs is 1. The molecular weight excluding hydrogens is 444 g/mol. The van der Waals surface area contributed by atoms with Gasteiger partial charge in [0.1, 0.15) is 36.5 Å². The van der Waals surface area contributed by atoms with Crippen LogP contribution in [0.25, 0.3) is 0 Å². The Labute approximate surface area is 193 Å². The van der Waals surface area contributed by atoms with Gasteiger partial charge in [-0.3, -0.25) is 4.57 Å². The maximum Gasteiger partial charge on any atom is 0.335 e. The lowest BCUT2D eigenvalue weighted by Crippen LogP contribution is -2.65. The second-order valence-electron chi connectivity index (χ2n) is 10.1. The molecule has 2 saturated heterocycles. The van der Waals surface area contributed by atoms with Gasteiger partial charge in [-0.05, 0) is 22.2 Å². The Morgan fingerprint density at radius 1 is 1.09 bits per heavy atom. The van der Waals surface area contributed by atoms with Crippen molar-refractivity contribution in [1.82, 2.24) is 9.55 Å². The number of anilines is 1. The number of rotatable bonds is 5. The van der Waals surface area contributed by atoms with Gasteiger partial charge in [-0.2, -0.15) is 5.26 Å². The van der Waals surface area contributed by atoms with Crippen molar-refractivity contribution >= 4 is 22.9 Å². The molecule has 9 nitrogen and oxygen atoms in total. The van der Waals surface area contributed by atoms with Gasteiger partial charge in [-0.1, -0.05) is 55.4 Å². The number of aromatic nitrogens is 2. The lowest BCUT2D eigenvalue weighted by molar-refractivity contribution is -0.0575. The first kappa shape index (κ1) is 25.4. The van der Waals surface area contributed by atoms with Crippen LogP contribution in [0.15, 0.2) is 6.33 Å². The number of imidazole rings is 1. The van der Waals surface area contributed by atoms with Gasteiger partial charge in [0.05, 0.1) is 6.61 Å². The fourth-order valence-electron chi connectivity index (χ4n) is 5.03. The lowest BCUT2D eigenvalue weighted by Gasteiger charge is -2.51. The van der Waals surface area contributed by atoms with E-state index in [2.05, 4.69) is 60.4 Å². The summed E-state index contributed by atoms with van der Waals surface area (Å²) in [7, 11) is -5.55. The smallest absolute Gasteiger partial charge is 0.335 e. The summed E-state index contributed by atoms with van der Waals surface area (Å²) < 4.78 is 28.5. The van der Waals surface area contributed by atoms with Gasteiger partial charge in [0.15, 0.2) is 11.9 Å². The van der Waals surface area contributed by atoms with E-state index in [1.54, 1.807) is 0 Å². The minimum absolute atomic E-state index is 0.102. The maximum atomic E-state index is 11.3. The van der Waals surface area contributed by atoms with Gasteiger partial charge in [-0.25, -0.2) is 4.98 Å². The standard InChI is InChI=1S/C21H38N4O5Si2/c1-12(2)31(13(3)4)27-10-17-19(29-32(30-31,14(5)6)15(7)8)18(26)21(28-17)25-11-24-16(9-22)20(25)23/h11-15,17-19,21,26H,10,23H2,1-8H3/t17-,18-,19-,21-/m1/s1. The van der Waals surface area contributed by atoms with Crippen molar-refractivity contribution in [3.8, 4) is 6.07 Å². The van der Waals surface area contributed by atoms with Gasteiger partial charge < -0.3 is 28.5 Å². The number of aliphatic hydroxyl groups excluding tert-OH is 1. The summed E-state index contributed by atoms with van der Waals surface area (Å²) in [6, 6.07) is 1.96. The number of nitriles is 1. The number of aliphatic hydroxyl groups is 1. The molecule has 32 heavy (non-hydrogen) atoms. The van der Waals surface area contributed by atoms with E-state index in [9.17, 15) is 10.4 Å². The van der Waals surface area contributed by atoms with Crippen LogP contribution >= 0.6 is 0 Å². The van der Waals surface area contributed by atoms with Crippen LogP contribution in [0.2, 0.25) is 22.2 Å². The number of ether oxygens (including phenoxy) is 1. The number of hydrogen-bond donors (Lipinski definition) is 2. The van der Waals surface area contributed by atoms with Crippen LogP contribution in [0.3, 0.4) is 0 Å². The Morgan fingerprint density at radius 3 is 2.12 bits per heavy atom. The third-order valence-electron chi connectivity index (χ3n) is 6.85. The topological polar surface area (TPSA) is 125 Å². The maximum absolute atomic E-state index is 11.3. The van der Waals surface area contributed by atoms with Crippen LogP contribution < -0.4 is 5.73 Å². The fraction of sp³-hybridized carbons (Fsp3) is 0.810. The van der Waals surface area contributed by atoms with Crippen molar-refractivity contribution in [1.29, 1.82) is 5.26 Å². The van der Waals surface area contributed by atoms with Crippen LogP contribution in [0, 0.1) is 11.3 Å². The van der Waals surface area contributed by atoms with Crippen molar-refractivity contribution in [2.75, 3.05) is 12.3 Å². The number of hydrogen-bond acceptors (Lipinski definition) is 8. The highest BCUT2D eigenvalue weighted by atomic mass is 28.5. The zero-order valence-corrected chi connectivity index (χ0v) is 22.4. The summed E-state index contributed by atoms with van der Waals surface area (Å²) in [6.07, 6.45) is -1.52. The third kappa shape index (κ3) is 3.96.